The number of hydrogen-bond acceptors (Lipinski definition) is 5. The van der Waals surface area contributed by atoms with Gasteiger partial charge >= 0.3 is 0 Å². The number of fused-ring (bicyclic) bond motifs is 1. The molecule has 0 aliphatic rings. The van der Waals surface area contributed by atoms with Crippen LogP contribution in [0.25, 0.3) is 11.0 Å². The number of rotatable bonds is 10. The number of aryl methyl sites for hydroxylation is 1. The van der Waals surface area contributed by atoms with Crippen LogP contribution in [0.4, 0.5) is 5.69 Å². The van der Waals surface area contributed by atoms with E-state index >= 15 is 0 Å². The van der Waals surface area contributed by atoms with Gasteiger partial charge in [-0.15, -0.1) is 5.10 Å². The fourth-order valence-corrected chi connectivity index (χ4v) is 4.42. The predicted octanol–water partition coefficient (Wildman–Crippen LogP) is 4.88. The highest BCUT2D eigenvalue weighted by Gasteiger charge is 2.34. The first-order valence-corrected chi connectivity index (χ1v) is 12.8. The van der Waals surface area contributed by atoms with Gasteiger partial charge in [0.05, 0.1) is 5.52 Å². The van der Waals surface area contributed by atoms with Crippen LogP contribution >= 0.6 is 0 Å². The molecule has 1 atom stereocenters. The van der Waals surface area contributed by atoms with Crippen LogP contribution in [0, 0.1) is 12.8 Å². The molecule has 0 saturated heterocycles. The lowest BCUT2D eigenvalue weighted by molar-refractivity contribution is -0.127. The monoisotopic (exact) mass is 511 g/mol. The molecule has 8 heteroatoms. The van der Waals surface area contributed by atoms with Gasteiger partial charge in [0, 0.05) is 17.8 Å². The van der Waals surface area contributed by atoms with Crippen LogP contribution in [0.5, 0.6) is 0 Å². The first-order chi connectivity index (χ1) is 18.3. The van der Waals surface area contributed by atoms with Crippen LogP contribution in [-0.4, -0.2) is 39.1 Å². The van der Waals surface area contributed by atoms with E-state index in [4.69, 9.17) is 0 Å². The van der Waals surface area contributed by atoms with E-state index in [1.54, 1.807) is 24.3 Å². The van der Waals surface area contributed by atoms with Gasteiger partial charge in [-0.05, 0) is 61.6 Å². The Morgan fingerprint density at radius 2 is 1.71 bits per heavy atom. The Hall–Kier alpha value is -4.33. The van der Waals surface area contributed by atoms with Crippen molar-refractivity contribution >= 4 is 34.3 Å². The molecular weight excluding hydrogens is 478 g/mol. The molecule has 2 amide bonds. The number of anilines is 1. The number of nitrogens with one attached hydrogen (secondary N) is 1. The zero-order valence-electron chi connectivity index (χ0n) is 22.2. The van der Waals surface area contributed by atoms with Gasteiger partial charge in [0.15, 0.2) is 5.78 Å². The Bertz CT molecular complexity index is 1460. The zero-order chi connectivity index (χ0) is 27.2. The molecule has 4 aromatic rings. The maximum absolute atomic E-state index is 14.1. The fraction of sp³-hybridized carbons (Fsp3) is 0.300. The van der Waals surface area contributed by atoms with Crippen LogP contribution in [-0.2, 0) is 16.1 Å². The molecule has 0 aliphatic carbocycles. The van der Waals surface area contributed by atoms with Crippen LogP contribution in [0.2, 0.25) is 0 Å². The molecule has 0 spiro atoms. The second-order valence-electron chi connectivity index (χ2n) is 9.84. The highest BCUT2D eigenvalue weighted by Crippen LogP contribution is 2.31. The molecule has 0 fully saturated rings. The van der Waals surface area contributed by atoms with Gasteiger partial charge in [-0.1, -0.05) is 67.6 Å². The summed E-state index contributed by atoms with van der Waals surface area (Å²) in [4.78, 5) is 41.6. The first-order valence-electron chi connectivity index (χ1n) is 12.8. The van der Waals surface area contributed by atoms with E-state index in [1.807, 2.05) is 55.5 Å². The van der Waals surface area contributed by atoms with E-state index in [1.165, 1.54) is 16.5 Å². The summed E-state index contributed by atoms with van der Waals surface area (Å²) in [5.74, 6) is -0.355. The number of para-hydroxylation sites is 1. The number of carbonyl (C=O) groups is 3. The van der Waals surface area contributed by atoms with Crippen LogP contribution in [0.3, 0.4) is 0 Å². The van der Waals surface area contributed by atoms with Crippen molar-refractivity contribution in [2.45, 2.75) is 46.7 Å². The number of carbonyl (C=O) groups excluding carboxylic acids is 3. The molecule has 4 rings (SSSR count). The van der Waals surface area contributed by atoms with Crippen molar-refractivity contribution in [1.29, 1.82) is 0 Å². The Balaban J connectivity index is 1.82. The molecule has 1 heterocycles. The molecule has 0 aliphatic heterocycles. The van der Waals surface area contributed by atoms with E-state index in [0.29, 0.717) is 40.3 Å². The van der Waals surface area contributed by atoms with Crippen molar-refractivity contribution in [2.24, 2.45) is 5.92 Å². The van der Waals surface area contributed by atoms with Gasteiger partial charge in [-0.25, -0.2) is 4.68 Å². The van der Waals surface area contributed by atoms with Crippen molar-refractivity contribution in [3.05, 3.63) is 89.5 Å². The minimum absolute atomic E-state index is 0.129. The molecule has 196 valence electrons. The van der Waals surface area contributed by atoms with Gasteiger partial charge < -0.3 is 5.32 Å². The molecule has 1 aromatic heterocycles. The highest BCUT2D eigenvalue weighted by molar-refractivity contribution is 6.03. The van der Waals surface area contributed by atoms with E-state index in [2.05, 4.69) is 29.5 Å². The average Bonchev–Trinajstić information content (AvgIpc) is 3.30. The quantitative estimate of drug-likeness (QED) is 0.306. The van der Waals surface area contributed by atoms with E-state index in [-0.39, 0.29) is 24.1 Å². The predicted molar refractivity (Wildman–Crippen MR) is 148 cm³/mol. The topological polar surface area (TPSA) is 97.2 Å². The van der Waals surface area contributed by atoms with Gasteiger partial charge in [0.25, 0.3) is 0 Å². The Morgan fingerprint density at radius 3 is 2.45 bits per heavy atom. The molecule has 0 radical (unpaired) electrons. The lowest BCUT2D eigenvalue weighted by atomic mass is 9.97. The summed E-state index contributed by atoms with van der Waals surface area (Å²) in [5.41, 5.74) is 3.89. The number of ketones is 1. The van der Waals surface area contributed by atoms with Gasteiger partial charge in [0.2, 0.25) is 11.8 Å². The molecule has 8 nitrogen and oxygen atoms in total. The normalized spacial score (nSPS) is 11.9. The Labute approximate surface area is 222 Å². The van der Waals surface area contributed by atoms with Crippen molar-refractivity contribution < 1.29 is 14.4 Å². The first kappa shape index (κ1) is 26.7. The van der Waals surface area contributed by atoms with Crippen molar-refractivity contribution in [3.8, 4) is 0 Å². The highest BCUT2D eigenvalue weighted by atomic mass is 16.2. The number of nitrogens with zero attached hydrogens (tertiary/aromatic N) is 4. The third-order valence-corrected chi connectivity index (χ3v) is 6.52. The number of benzene rings is 3. The second-order valence-corrected chi connectivity index (χ2v) is 9.84. The molecule has 3 aromatic carbocycles. The maximum atomic E-state index is 14.1. The zero-order valence-corrected chi connectivity index (χ0v) is 22.2. The van der Waals surface area contributed by atoms with Gasteiger partial charge in [-0.3, -0.25) is 19.3 Å². The summed E-state index contributed by atoms with van der Waals surface area (Å²) in [6.07, 6.45) is 0.810. The second kappa shape index (κ2) is 11.8. The Morgan fingerprint density at radius 1 is 0.974 bits per heavy atom. The Kier molecular flexibility index (Phi) is 8.31. The molecule has 0 saturated carbocycles. The van der Waals surface area contributed by atoms with Crippen LogP contribution in [0.1, 0.15) is 54.7 Å². The van der Waals surface area contributed by atoms with Crippen molar-refractivity contribution in [1.82, 2.24) is 20.3 Å². The molecule has 1 N–H and O–H groups in total. The summed E-state index contributed by atoms with van der Waals surface area (Å²) in [6, 6.07) is 20.8. The van der Waals surface area contributed by atoms with E-state index < -0.39 is 6.04 Å². The summed E-state index contributed by atoms with van der Waals surface area (Å²) in [5, 5.41) is 11.4. The summed E-state index contributed by atoms with van der Waals surface area (Å²) in [7, 11) is 0. The smallest absolute Gasteiger partial charge is 0.249 e. The average molecular weight is 512 g/mol. The van der Waals surface area contributed by atoms with E-state index in [0.717, 1.165) is 12.0 Å². The lowest BCUT2D eigenvalue weighted by Crippen LogP contribution is -2.46. The largest absolute Gasteiger partial charge is 0.354 e. The molecule has 38 heavy (non-hydrogen) atoms. The van der Waals surface area contributed by atoms with Crippen molar-refractivity contribution in [2.75, 3.05) is 11.4 Å². The van der Waals surface area contributed by atoms with Crippen LogP contribution in [0.15, 0.2) is 72.8 Å². The number of aromatic nitrogens is 3. The van der Waals surface area contributed by atoms with Gasteiger partial charge in [0.1, 0.15) is 18.1 Å². The lowest BCUT2D eigenvalue weighted by Gasteiger charge is -2.32. The summed E-state index contributed by atoms with van der Waals surface area (Å²) in [6.45, 7) is 7.94. The minimum Gasteiger partial charge on any atom is -0.354 e. The molecule has 1 unspecified atom stereocenters. The third-order valence-electron chi connectivity index (χ3n) is 6.52. The third kappa shape index (κ3) is 5.96. The number of amides is 2. The maximum Gasteiger partial charge on any atom is 0.249 e. The summed E-state index contributed by atoms with van der Waals surface area (Å²) >= 11 is 0. The summed E-state index contributed by atoms with van der Waals surface area (Å²) < 4.78 is 1.53. The number of hydrogen-bond donors (Lipinski definition) is 1. The van der Waals surface area contributed by atoms with Gasteiger partial charge in [-0.2, -0.15) is 0 Å². The van der Waals surface area contributed by atoms with Crippen LogP contribution < -0.4 is 10.2 Å². The standard InChI is InChI=1S/C30H33N5O3/c1-20(2)16-17-31-30(38)29(25-13-6-5-10-21(25)3)35(24-12-9-11-23(18-24)22(4)36)28(37)19-34-27-15-8-7-14-26(27)32-33-34/h5-15,18,20,29H,16-17,19H2,1-4H3,(H,31,38). The van der Waals surface area contributed by atoms with Crippen molar-refractivity contribution in [3.63, 3.8) is 0 Å². The van der Waals surface area contributed by atoms with E-state index in [9.17, 15) is 14.4 Å². The number of Topliss-reactive ketones (excluding diaryl/α,β-unsaturated/α-hetero) is 1. The minimum atomic E-state index is -0.951. The fourth-order valence-electron chi connectivity index (χ4n) is 4.42. The molecular formula is C30H33N5O3. The molecule has 0 bridgehead atoms. The SMILES string of the molecule is CC(=O)c1cccc(N(C(=O)Cn2nnc3ccccc32)C(C(=O)NCCC(C)C)c2ccccc2C)c1.